The van der Waals surface area contributed by atoms with Crippen LogP contribution in [-0.4, -0.2) is 40.5 Å². The van der Waals surface area contributed by atoms with E-state index in [2.05, 4.69) is 15.5 Å². The number of alkyl halides is 2. The van der Waals surface area contributed by atoms with Crippen LogP contribution in [0.2, 0.25) is 0 Å². The van der Waals surface area contributed by atoms with Crippen LogP contribution in [0.5, 0.6) is 5.75 Å². The number of amides is 1. The van der Waals surface area contributed by atoms with Crippen molar-refractivity contribution in [2.24, 2.45) is 0 Å². The third-order valence-corrected chi connectivity index (χ3v) is 6.09. The van der Waals surface area contributed by atoms with Crippen LogP contribution >= 0.6 is 0 Å². The molecule has 7 nitrogen and oxygen atoms in total. The number of likely N-dealkylation sites (N-methyl/N-ethyl adjacent to an activating group) is 1. The van der Waals surface area contributed by atoms with E-state index in [4.69, 9.17) is 4.74 Å². The van der Waals surface area contributed by atoms with Crippen molar-refractivity contribution in [2.45, 2.75) is 45.3 Å². The van der Waals surface area contributed by atoms with Crippen LogP contribution in [0.1, 0.15) is 43.6 Å². The van der Waals surface area contributed by atoms with E-state index in [1.54, 1.807) is 33.0 Å². The highest BCUT2D eigenvalue weighted by molar-refractivity contribution is 6.03. The van der Waals surface area contributed by atoms with Gasteiger partial charge in [-0.3, -0.25) is 4.79 Å². The van der Waals surface area contributed by atoms with Gasteiger partial charge in [0.15, 0.2) is 12.4 Å². The summed E-state index contributed by atoms with van der Waals surface area (Å²) < 4.78 is 50.2. The number of carbonyl (C=O) groups excluding carboxylic acids is 1. The van der Waals surface area contributed by atoms with Gasteiger partial charge in [-0.25, -0.2) is 4.39 Å². The minimum atomic E-state index is -3.81. The molecule has 1 atom stereocenters. The molecular formula is C24H25F3N4O3. The Kier molecular flexibility index (Phi) is 5.67. The topological polar surface area (TPSA) is 87.6 Å². The lowest BCUT2D eigenvalue weighted by atomic mass is 9.91. The molecule has 0 radical (unpaired) electrons. The number of hydrogen-bond donors (Lipinski definition) is 2. The minimum absolute atomic E-state index is 0.0226. The zero-order valence-electron chi connectivity index (χ0n) is 19.4. The van der Waals surface area contributed by atoms with Gasteiger partial charge in [0.2, 0.25) is 0 Å². The first-order chi connectivity index (χ1) is 15.8. The number of benzene rings is 2. The summed E-state index contributed by atoms with van der Waals surface area (Å²) in [5, 5.41) is 22.6. The molecule has 1 amide bonds. The third kappa shape index (κ3) is 3.81. The summed E-state index contributed by atoms with van der Waals surface area (Å²) in [7, 11) is 1.64. The van der Waals surface area contributed by atoms with Crippen LogP contribution in [0.3, 0.4) is 0 Å². The minimum Gasteiger partial charge on any atom is -0.482 e. The highest BCUT2D eigenvalue weighted by Crippen LogP contribution is 2.42. The normalized spacial score (nSPS) is 15.2. The van der Waals surface area contributed by atoms with Crippen molar-refractivity contribution in [3.8, 4) is 5.75 Å². The fourth-order valence-electron chi connectivity index (χ4n) is 3.89. The average Bonchev–Trinajstić information content (AvgIpc) is 2.77. The molecule has 0 saturated carbocycles. The Morgan fingerprint density at radius 1 is 1.21 bits per heavy atom. The van der Waals surface area contributed by atoms with Crippen molar-refractivity contribution >= 4 is 28.2 Å². The molecule has 180 valence electrons. The molecule has 2 aromatic carbocycles. The molecule has 2 heterocycles. The number of fused-ring (bicyclic) bond motifs is 2. The number of nitrogens with zero attached hydrogens (tertiary/aromatic N) is 3. The van der Waals surface area contributed by atoms with E-state index in [1.165, 1.54) is 17.0 Å². The lowest BCUT2D eigenvalue weighted by Crippen LogP contribution is -2.41. The predicted molar refractivity (Wildman–Crippen MR) is 122 cm³/mol. The van der Waals surface area contributed by atoms with Gasteiger partial charge in [0, 0.05) is 23.4 Å². The number of halogens is 3. The molecule has 1 aliphatic heterocycles. The number of aromatic nitrogens is 2. The monoisotopic (exact) mass is 474 g/mol. The second-order valence-electron chi connectivity index (χ2n) is 8.95. The van der Waals surface area contributed by atoms with E-state index in [0.717, 1.165) is 19.9 Å². The standard InChI is InChI=1S/C24H25F3N4O3/c1-12(14-7-6-8-17(21(14)25)24(26,27)23(3,4)33)28-22-16-9-18-19(34-11-20(32)31(18)5)10-15(16)13(2)29-30-22/h6-10,12,33H,11H2,1-5H3,(H,28,30)/t12-/m1/s1. The molecule has 0 aliphatic carbocycles. The molecule has 1 aromatic heterocycles. The Hall–Kier alpha value is -3.40. The number of carbonyl (C=O) groups is 1. The Bertz CT molecular complexity index is 1290. The molecule has 0 unspecified atom stereocenters. The van der Waals surface area contributed by atoms with Gasteiger partial charge >= 0.3 is 5.92 Å². The van der Waals surface area contributed by atoms with E-state index >= 15 is 4.39 Å². The van der Waals surface area contributed by atoms with E-state index in [0.29, 0.717) is 33.7 Å². The summed E-state index contributed by atoms with van der Waals surface area (Å²) in [6.07, 6.45) is 0. The Balaban J connectivity index is 1.76. The maximum atomic E-state index is 15.2. The summed E-state index contributed by atoms with van der Waals surface area (Å²) >= 11 is 0. The lowest BCUT2D eigenvalue weighted by Gasteiger charge is -2.30. The number of aliphatic hydroxyl groups is 1. The zero-order valence-corrected chi connectivity index (χ0v) is 19.4. The smallest absolute Gasteiger partial charge is 0.303 e. The fourth-order valence-corrected chi connectivity index (χ4v) is 3.89. The van der Waals surface area contributed by atoms with Gasteiger partial charge in [-0.05, 0) is 45.9 Å². The average molecular weight is 474 g/mol. The van der Waals surface area contributed by atoms with Gasteiger partial charge in [0.25, 0.3) is 5.91 Å². The lowest BCUT2D eigenvalue weighted by molar-refractivity contribution is -0.170. The van der Waals surface area contributed by atoms with Crippen LogP contribution in [-0.2, 0) is 10.7 Å². The first-order valence-electron chi connectivity index (χ1n) is 10.7. The van der Waals surface area contributed by atoms with Crippen molar-refractivity contribution in [2.75, 3.05) is 23.9 Å². The molecule has 2 N–H and O–H groups in total. The molecule has 3 aromatic rings. The molecule has 0 spiro atoms. The van der Waals surface area contributed by atoms with Crippen molar-refractivity contribution < 1.29 is 27.8 Å². The summed E-state index contributed by atoms with van der Waals surface area (Å²) in [5.41, 5.74) is -2.20. The summed E-state index contributed by atoms with van der Waals surface area (Å²) in [6.45, 7) is 5.17. The van der Waals surface area contributed by atoms with Gasteiger partial charge in [0.05, 0.1) is 23.0 Å². The molecule has 0 bridgehead atoms. The first-order valence-corrected chi connectivity index (χ1v) is 10.7. The summed E-state index contributed by atoms with van der Waals surface area (Å²) in [5.74, 6) is -4.31. The number of aryl methyl sites for hydroxylation is 1. The van der Waals surface area contributed by atoms with Gasteiger partial charge in [0.1, 0.15) is 17.2 Å². The van der Waals surface area contributed by atoms with E-state index in [9.17, 15) is 18.7 Å². The fraction of sp³-hybridized carbons (Fsp3) is 0.375. The van der Waals surface area contributed by atoms with Crippen LogP contribution in [0.25, 0.3) is 10.8 Å². The summed E-state index contributed by atoms with van der Waals surface area (Å²) in [4.78, 5) is 13.5. The maximum absolute atomic E-state index is 15.2. The van der Waals surface area contributed by atoms with E-state index in [1.807, 2.05) is 0 Å². The molecular weight excluding hydrogens is 449 g/mol. The Morgan fingerprint density at radius 3 is 2.59 bits per heavy atom. The molecule has 4 rings (SSSR count). The molecule has 10 heteroatoms. The second kappa shape index (κ2) is 8.12. The van der Waals surface area contributed by atoms with Crippen molar-refractivity contribution in [1.29, 1.82) is 0 Å². The molecule has 0 saturated heterocycles. The number of anilines is 2. The third-order valence-electron chi connectivity index (χ3n) is 6.09. The van der Waals surface area contributed by atoms with Crippen molar-refractivity contribution in [1.82, 2.24) is 10.2 Å². The molecule has 34 heavy (non-hydrogen) atoms. The van der Waals surface area contributed by atoms with Crippen LogP contribution in [0.15, 0.2) is 30.3 Å². The number of nitrogens with one attached hydrogen (secondary N) is 1. The highest BCUT2D eigenvalue weighted by Gasteiger charge is 2.49. The van der Waals surface area contributed by atoms with Crippen LogP contribution in [0.4, 0.5) is 24.7 Å². The SMILES string of the molecule is Cc1nnc(N[C@H](C)c2cccc(C(F)(F)C(C)(C)O)c2F)c2cc3c(cc12)OCC(=O)N3C. The first kappa shape index (κ1) is 23.7. The Labute approximate surface area is 194 Å². The van der Waals surface area contributed by atoms with Crippen molar-refractivity contribution in [3.05, 3.63) is 53.0 Å². The van der Waals surface area contributed by atoms with Crippen molar-refractivity contribution in [3.63, 3.8) is 0 Å². The van der Waals surface area contributed by atoms with E-state index < -0.39 is 28.9 Å². The van der Waals surface area contributed by atoms with Crippen LogP contribution < -0.4 is 15.0 Å². The highest BCUT2D eigenvalue weighted by atomic mass is 19.3. The maximum Gasteiger partial charge on any atom is 0.303 e. The molecule has 1 aliphatic rings. The molecule has 0 fully saturated rings. The Morgan fingerprint density at radius 2 is 1.91 bits per heavy atom. The van der Waals surface area contributed by atoms with Gasteiger partial charge in [-0.1, -0.05) is 12.1 Å². The number of hydrogen-bond acceptors (Lipinski definition) is 6. The number of rotatable bonds is 5. The summed E-state index contributed by atoms with van der Waals surface area (Å²) in [6, 6.07) is 6.39. The number of ether oxygens (including phenoxy) is 1. The van der Waals surface area contributed by atoms with Gasteiger partial charge < -0.3 is 20.1 Å². The zero-order chi connectivity index (χ0) is 25.0. The van der Waals surface area contributed by atoms with Gasteiger partial charge in [-0.15, -0.1) is 5.10 Å². The second-order valence-corrected chi connectivity index (χ2v) is 8.95. The largest absolute Gasteiger partial charge is 0.482 e. The van der Waals surface area contributed by atoms with Crippen LogP contribution in [0, 0.1) is 12.7 Å². The quantitative estimate of drug-likeness (QED) is 0.568. The predicted octanol–water partition coefficient (Wildman–Crippen LogP) is 4.47. The van der Waals surface area contributed by atoms with E-state index in [-0.39, 0.29) is 18.1 Å². The van der Waals surface area contributed by atoms with Gasteiger partial charge in [-0.2, -0.15) is 13.9 Å².